The number of fused-ring (bicyclic) bond motifs is 1. The number of ether oxygens (including phenoxy) is 1. The first-order valence-electron chi connectivity index (χ1n) is 10.9. The second kappa shape index (κ2) is 9.69. The minimum absolute atomic E-state index is 0.231. The molecule has 0 aliphatic heterocycles. The summed E-state index contributed by atoms with van der Waals surface area (Å²) in [6.45, 7) is 0.674. The molecule has 2 saturated carbocycles. The van der Waals surface area contributed by atoms with E-state index in [1.807, 2.05) is 24.4 Å². The number of aromatic nitrogens is 1. The Hall–Kier alpha value is -2.27. The Kier molecular flexibility index (Phi) is 6.78. The number of pyridine rings is 1. The summed E-state index contributed by atoms with van der Waals surface area (Å²) in [5.41, 5.74) is 2.70. The molecule has 2 aromatic rings. The molecule has 5 heteroatoms. The van der Waals surface area contributed by atoms with Crippen molar-refractivity contribution in [2.45, 2.75) is 32.1 Å². The molecule has 0 spiro atoms. The van der Waals surface area contributed by atoms with Crippen LogP contribution in [-0.4, -0.2) is 23.8 Å². The lowest BCUT2D eigenvalue weighted by Crippen LogP contribution is -2.25. The molecular weight excluding hydrogens is 395 g/mol. The minimum Gasteiger partial charge on any atom is -0.471 e. The molecule has 30 heavy (non-hydrogen) atoms. The molecule has 4 atom stereocenters. The molecule has 1 heterocycles. The van der Waals surface area contributed by atoms with Gasteiger partial charge in [-0.05, 0) is 78.6 Å². The molecule has 3 nitrogen and oxygen atoms in total. The van der Waals surface area contributed by atoms with E-state index in [9.17, 15) is 4.39 Å². The van der Waals surface area contributed by atoms with Gasteiger partial charge in [0.2, 0.25) is 0 Å². The number of nitrogens with one attached hydrogen (secondary N) is 1. The summed E-state index contributed by atoms with van der Waals surface area (Å²) in [5, 5.41) is 3.38. The molecule has 1 N–H and O–H groups in total. The zero-order valence-electron chi connectivity index (χ0n) is 17.4. The third kappa shape index (κ3) is 4.89. The van der Waals surface area contributed by atoms with Gasteiger partial charge in [-0.3, -0.25) is 4.98 Å². The monoisotopic (exact) mass is 424 g/mol. The summed E-state index contributed by atoms with van der Waals surface area (Å²) in [5.74, 6) is 2.30. The molecule has 0 unspecified atom stereocenters. The van der Waals surface area contributed by atoms with E-state index in [2.05, 4.69) is 22.5 Å². The van der Waals surface area contributed by atoms with Crippen molar-refractivity contribution in [3.05, 3.63) is 60.2 Å². The number of benzene rings is 1. The number of nitrogens with zero attached hydrogens (tertiary/aromatic N) is 1. The maximum absolute atomic E-state index is 13.5. The van der Waals surface area contributed by atoms with Crippen LogP contribution in [0.3, 0.4) is 0 Å². The molecule has 2 aliphatic carbocycles. The van der Waals surface area contributed by atoms with Crippen molar-refractivity contribution in [3.8, 4) is 11.1 Å². The zero-order valence-corrected chi connectivity index (χ0v) is 18.2. The number of allylic oxidation sites excluding steroid dienone is 1. The fourth-order valence-electron chi connectivity index (χ4n) is 5.22. The number of hydrogen-bond donors (Lipinski definition) is 1. The zero-order chi connectivity index (χ0) is 20.9. The van der Waals surface area contributed by atoms with Gasteiger partial charge in [0, 0.05) is 18.8 Å². The standard InChI is InChI=1S/C25H29FN2OS/c1-27-25(30)29-16-20-13-18-5-2-3-8-23(18)24(20)12-11-22-10-9-19(15-28-22)17-6-4-7-21(26)14-17/h4,6-7,9-12,14-15,18,20,23-24H,2-3,5,8,13,16H2,1H3,(H,27,30)/b12-11+/t18-,20-,23-,24-/m1/s1. The van der Waals surface area contributed by atoms with E-state index in [1.54, 1.807) is 13.1 Å². The average molecular weight is 425 g/mol. The van der Waals surface area contributed by atoms with Gasteiger partial charge in [0.1, 0.15) is 5.82 Å². The van der Waals surface area contributed by atoms with Gasteiger partial charge in [0.15, 0.2) is 0 Å². The Morgan fingerprint density at radius 2 is 2.10 bits per heavy atom. The Bertz CT molecular complexity index is 898. The van der Waals surface area contributed by atoms with Crippen LogP contribution in [0.2, 0.25) is 0 Å². The molecular formula is C25H29FN2OS. The van der Waals surface area contributed by atoms with Crippen molar-refractivity contribution in [1.82, 2.24) is 10.3 Å². The molecule has 0 amide bonds. The highest BCUT2D eigenvalue weighted by Gasteiger charge is 2.42. The van der Waals surface area contributed by atoms with Crippen molar-refractivity contribution < 1.29 is 9.13 Å². The van der Waals surface area contributed by atoms with Crippen LogP contribution in [0.5, 0.6) is 0 Å². The fourth-order valence-corrected chi connectivity index (χ4v) is 5.29. The molecule has 1 aromatic heterocycles. The summed E-state index contributed by atoms with van der Waals surface area (Å²) in [6.07, 6.45) is 12.8. The summed E-state index contributed by atoms with van der Waals surface area (Å²) in [4.78, 5) is 4.59. The lowest BCUT2D eigenvalue weighted by atomic mass is 9.77. The minimum atomic E-state index is -0.231. The van der Waals surface area contributed by atoms with Gasteiger partial charge < -0.3 is 10.1 Å². The van der Waals surface area contributed by atoms with Gasteiger partial charge in [-0.1, -0.05) is 43.5 Å². The SMILES string of the molecule is CNC(=S)OC[C@H]1C[C@H]2CCCC[C@H]2[C@@H]1/C=C/c1ccc(-c2cccc(F)c2)cn1. The van der Waals surface area contributed by atoms with Gasteiger partial charge in [0.25, 0.3) is 5.17 Å². The average Bonchev–Trinajstić information content (AvgIpc) is 3.14. The number of rotatable bonds is 5. The summed E-state index contributed by atoms with van der Waals surface area (Å²) >= 11 is 5.17. The van der Waals surface area contributed by atoms with Crippen LogP contribution in [0.15, 0.2) is 48.7 Å². The van der Waals surface area contributed by atoms with Gasteiger partial charge in [-0.15, -0.1) is 0 Å². The van der Waals surface area contributed by atoms with Crippen molar-refractivity contribution in [3.63, 3.8) is 0 Å². The number of hydrogen-bond acceptors (Lipinski definition) is 3. The maximum atomic E-state index is 13.5. The highest BCUT2D eigenvalue weighted by atomic mass is 32.1. The molecule has 0 bridgehead atoms. The smallest absolute Gasteiger partial charge is 0.256 e. The fraction of sp³-hybridized carbons (Fsp3) is 0.440. The van der Waals surface area contributed by atoms with E-state index in [1.165, 1.54) is 44.2 Å². The normalized spacial score (nSPS) is 25.8. The van der Waals surface area contributed by atoms with E-state index in [-0.39, 0.29) is 5.82 Å². The molecule has 1 aromatic carbocycles. The van der Waals surface area contributed by atoms with Gasteiger partial charge in [-0.2, -0.15) is 0 Å². The largest absolute Gasteiger partial charge is 0.471 e. The number of thiocarbonyl (C=S) groups is 1. The van der Waals surface area contributed by atoms with E-state index in [0.717, 1.165) is 28.7 Å². The van der Waals surface area contributed by atoms with E-state index in [0.29, 0.717) is 23.6 Å². The molecule has 4 rings (SSSR count). The number of halogens is 1. The molecule has 0 saturated heterocycles. The Labute approximate surface area is 183 Å². The van der Waals surface area contributed by atoms with Gasteiger partial charge >= 0.3 is 0 Å². The van der Waals surface area contributed by atoms with Crippen molar-refractivity contribution >= 4 is 23.5 Å². The highest BCUT2D eigenvalue weighted by molar-refractivity contribution is 7.80. The van der Waals surface area contributed by atoms with E-state index < -0.39 is 0 Å². The van der Waals surface area contributed by atoms with Crippen LogP contribution in [0, 0.1) is 29.5 Å². The lowest BCUT2D eigenvalue weighted by Gasteiger charge is -2.28. The van der Waals surface area contributed by atoms with Crippen molar-refractivity contribution in [1.29, 1.82) is 0 Å². The topological polar surface area (TPSA) is 34.1 Å². The maximum Gasteiger partial charge on any atom is 0.256 e. The van der Waals surface area contributed by atoms with Crippen LogP contribution in [-0.2, 0) is 4.74 Å². The predicted molar refractivity (Wildman–Crippen MR) is 123 cm³/mol. The Balaban J connectivity index is 1.47. The van der Waals surface area contributed by atoms with E-state index in [4.69, 9.17) is 17.0 Å². The molecule has 158 valence electrons. The molecule has 2 aliphatic rings. The third-order valence-electron chi connectivity index (χ3n) is 6.68. The summed E-state index contributed by atoms with van der Waals surface area (Å²) < 4.78 is 19.3. The first-order valence-corrected chi connectivity index (χ1v) is 11.3. The van der Waals surface area contributed by atoms with E-state index >= 15 is 0 Å². The van der Waals surface area contributed by atoms with Crippen LogP contribution in [0.25, 0.3) is 17.2 Å². The second-order valence-electron chi connectivity index (χ2n) is 8.47. The Morgan fingerprint density at radius 3 is 2.87 bits per heavy atom. The first-order chi connectivity index (χ1) is 14.6. The molecule has 0 radical (unpaired) electrons. The van der Waals surface area contributed by atoms with Crippen molar-refractivity contribution in [2.75, 3.05) is 13.7 Å². The molecule has 2 fully saturated rings. The summed E-state index contributed by atoms with van der Waals surface area (Å²) in [6, 6.07) is 10.6. The van der Waals surface area contributed by atoms with Crippen LogP contribution >= 0.6 is 12.2 Å². The van der Waals surface area contributed by atoms with Crippen molar-refractivity contribution in [2.24, 2.45) is 23.7 Å². The van der Waals surface area contributed by atoms with Crippen LogP contribution < -0.4 is 5.32 Å². The van der Waals surface area contributed by atoms with Crippen LogP contribution in [0.4, 0.5) is 4.39 Å². The highest BCUT2D eigenvalue weighted by Crippen LogP contribution is 2.49. The van der Waals surface area contributed by atoms with Gasteiger partial charge in [0.05, 0.1) is 12.3 Å². The summed E-state index contributed by atoms with van der Waals surface area (Å²) in [7, 11) is 1.80. The quantitative estimate of drug-likeness (QED) is 0.609. The second-order valence-corrected chi connectivity index (χ2v) is 8.84. The van der Waals surface area contributed by atoms with Crippen LogP contribution in [0.1, 0.15) is 37.8 Å². The van der Waals surface area contributed by atoms with Gasteiger partial charge in [-0.25, -0.2) is 4.39 Å². The first kappa shape index (κ1) is 21.0. The Morgan fingerprint density at radius 1 is 1.23 bits per heavy atom. The lowest BCUT2D eigenvalue weighted by molar-refractivity contribution is 0.203. The third-order valence-corrected chi connectivity index (χ3v) is 7.00. The predicted octanol–water partition coefficient (Wildman–Crippen LogP) is 5.86.